The highest BCUT2D eigenvalue weighted by molar-refractivity contribution is 6.33. The molecule has 2 aromatic rings. The van der Waals surface area contributed by atoms with Crippen LogP contribution in [0.3, 0.4) is 0 Å². The van der Waals surface area contributed by atoms with E-state index in [1.807, 2.05) is 0 Å². The van der Waals surface area contributed by atoms with Crippen LogP contribution in [-0.4, -0.2) is 43.3 Å². The topological polar surface area (TPSA) is 96.0 Å². The minimum absolute atomic E-state index is 0.0452. The SMILES string of the molecule is CCOc1cc(C(=O)OCC(=O)Nc2ncc(C(F)(F)F)cc2Cl)cc(OCC)c1OCC. The molecule has 180 valence electrons. The smallest absolute Gasteiger partial charge is 0.417 e. The first-order valence-electron chi connectivity index (χ1n) is 9.86. The number of amides is 1. The molecule has 2 rings (SSSR count). The van der Waals surface area contributed by atoms with Crippen molar-refractivity contribution in [1.29, 1.82) is 0 Å². The lowest BCUT2D eigenvalue weighted by Gasteiger charge is -2.16. The molecule has 1 amide bonds. The number of aromatic nitrogens is 1. The van der Waals surface area contributed by atoms with Gasteiger partial charge in [-0.3, -0.25) is 4.79 Å². The number of anilines is 1. The van der Waals surface area contributed by atoms with E-state index in [9.17, 15) is 22.8 Å². The number of esters is 1. The van der Waals surface area contributed by atoms with Crippen molar-refractivity contribution >= 4 is 29.3 Å². The number of rotatable bonds is 10. The van der Waals surface area contributed by atoms with E-state index >= 15 is 0 Å². The van der Waals surface area contributed by atoms with Gasteiger partial charge in [-0.1, -0.05) is 11.6 Å². The molecule has 0 radical (unpaired) electrons. The molecule has 0 saturated carbocycles. The Bertz CT molecular complexity index is 973. The lowest BCUT2D eigenvalue weighted by molar-refractivity contribution is -0.137. The van der Waals surface area contributed by atoms with Crippen molar-refractivity contribution in [3.8, 4) is 17.2 Å². The third kappa shape index (κ3) is 7.14. The van der Waals surface area contributed by atoms with Crippen LogP contribution >= 0.6 is 11.6 Å². The molecule has 1 aromatic heterocycles. The fourth-order valence-corrected chi connectivity index (χ4v) is 2.79. The molecule has 8 nitrogen and oxygen atoms in total. The molecule has 0 aliphatic carbocycles. The number of nitrogens with one attached hydrogen (secondary N) is 1. The summed E-state index contributed by atoms with van der Waals surface area (Å²) in [5, 5.41) is 1.77. The Balaban J connectivity index is 2.11. The Morgan fingerprint density at radius 3 is 2.06 bits per heavy atom. The van der Waals surface area contributed by atoms with Gasteiger partial charge in [-0.25, -0.2) is 9.78 Å². The van der Waals surface area contributed by atoms with E-state index in [1.165, 1.54) is 12.1 Å². The molecular formula is C21H22ClF3N2O6. The minimum Gasteiger partial charge on any atom is -0.490 e. The summed E-state index contributed by atoms with van der Waals surface area (Å²) < 4.78 is 59.7. The Morgan fingerprint density at radius 1 is 1.00 bits per heavy atom. The van der Waals surface area contributed by atoms with Gasteiger partial charge in [0.15, 0.2) is 23.9 Å². The van der Waals surface area contributed by atoms with Crippen LogP contribution < -0.4 is 19.5 Å². The zero-order chi connectivity index (χ0) is 24.6. The van der Waals surface area contributed by atoms with Crippen LogP contribution in [0.2, 0.25) is 5.02 Å². The lowest BCUT2D eigenvalue weighted by Crippen LogP contribution is -2.22. The summed E-state index contributed by atoms with van der Waals surface area (Å²) in [7, 11) is 0. The number of pyridine rings is 1. The van der Waals surface area contributed by atoms with Crippen molar-refractivity contribution in [1.82, 2.24) is 4.98 Å². The Hall–Kier alpha value is -3.21. The quantitative estimate of drug-likeness (QED) is 0.480. The average molecular weight is 491 g/mol. The standard InChI is InChI=1S/C21H22ClF3N2O6/c1-4-30-15-7-12(8-16(31-5-2)18(15)32-6-3)20(29)33-11-17(28)27-19-14(22)9-13(10-26-19)21(23,24)25/h7-10H,4-6,11H2,1-3H3,(H,26,27,28). The summed E-state index contributed by atoms with van der Waals surface area (Å²) in [6.07, 6.45) is -4.11. The van der Waals surface area contributed by atoms with Gasteiger partial charge in [-0.15, -0.1) is 0 Å². The highest BCUT2D eigenvalue weighted by Gasteiger charge is 2.31. The summed E-state index contributed by atoms with van der Waals surface area (Å²) in [6.45, 7) is 5.49. The first kappa shape index (κ1) is 26.0. The summed E-state index contributed by atoms with van der Waals surface area (Å²) in [5.74, 6) is -1.15. The molecule has 0 unspecified atom stereocenters. The first-order chi connectivity index (χ1) is 15.6. The van der Waals surface area contributed by atoms with Gasteiger partial charge in [0.25, 0.3) is 5.91 Å². The van der Waals surface area contributed by atoms with Crippen LogP contribution in [-0.2, 0) is 15.7 Å². The molecule has 1 aromatic carbocycles. The molecule has 0 aliphatic rings. The van der Waals surface area contributed by atoms with Crippen LogP contribution in [0, 0.1) is 0 Å². The van der Waals surface area contributed by atoms with Crippen molar-refractivity contribution < 1.29 is 41.7 Å². The summed E-state index contributed by atoms with van der Waals surface area (Å²) in [4.78, 5) is 28.1. The van der Waals surface area contributed by atoms with Gasteiger partial charge in [0.2, 0.25) is 5.75 Å². The van der Waals surface area contributed by atoms with Gasteiger partial charge >= 0.3 is 12.1 Å². The molecule has 0 saturated heterocycles. The first-order valence-corrected chi connectivity index (χ1v) is 10.2. The predicted molar refractivity (Wildman–Crippen MR) is 113 cm³/mol. The number of carbonyl (C=O) groups excluding carboxylic acids is 2. The summed E-state index contributed by atoms with van der Waals surface area (Å²) in [6, 6.07) is 3.41. The molecule has 0 fully saturated rings. The highest BCUT2D eigenvalue weighted by atomic mass is 35.5. The largest absolute Gasteiger partial charge is 0.490 e. The Morgan fingerprint density at radius 2 is 1.58 bits per heavy atom. The van der Waals surface area contributed by atoms with Crippen molar-refractivity contribution in [3.63, 3.8) is 0 Å². The van der Waals surface area contributed by atoms with Gasteiger partial charge in [-0.05, 0) is 39.0 Å². The molecule has 33 heavy (non-hydrogen) atoms. The predicted octanol–water partition coefficient (Wildman–Crippen LogP) is 4.75. The second-order valence-corrected chi connectivity index (χ2v) is 6.68. The molecular weight excluding hydrogens is 469 g/mol. The lowest BCUT2D eigenvalue weighted by atomic mass is 10.2. The van der Waals surface area contributed by atoms with Crippen molar-refractivity contribution in [2.75, 3.05) is 31.7 Å². The van der Waals surface area contributed by atoms with E-state index in [4.69, 9.17) is 30.5 Å². The summed E-state index contributed by atoms with van der Waals surface area (Å²) >= 11 is 5.75. The molecule has 1 N–H and O–H groups in total. The number of carbonyl (C=O) groups is 2. The highest BCUT2D eigenvalue weighted by Crippen LogP contribution is 2.39. The Labute approximate surface area is 192 Å². The fourth-order valence-electron chi connectivity index (χ4n) is 2.57. The number of alkyl halides is 3. The maximum Gasteiger partial charge on any atom is 0.417 e. The normalized spacial score (nSPS) is 11.0. The van der Waals surface area contributed by atoms with E-state index in [0.717, 1.165) is 0 Å². The fraction of sp³-hybridized carbons (Fsp3) is 0.381. The molecule has 0 spiro atoms. The molecule has 0 aliphatic heterocycles. The Kier molecular flexibility index (Phi) is 9.15. The average Bonchev–Trinajstić information content (AvgIpc) is 2.75. The third-order valence-electron chi connectivity index (χ3n) is 3.91. The summed E-state index contributed by atoms with van der Waals surface area (Å²) in [5.41, 5.74) is -1.02. The second-order valence-electron chi connectivity index (χ2n) is 6.28. The number of hydrogen-bond donors (Lipinski definition) is 1. The van der Waals surface area contributed by atoms with Crippen molar-refractivity contribution in [2.45, 2.75) is 26.9 Å². The number of ether oxygens (including phenoxy) is 4. The number of halogens is 4. The van der Waals surface area contributed by atoms with Crippen LogP contribution in [0.1, 0.15) is 36.7 Å². The van der Waals surface area contributed by atoms with Gasteiger partial charge < -0.3 is 24.3 Å². The second kappa shape index (κ2) is 11.6. The van der Waals surface area contributed by atoms with Gasteiger partial charge in [0.05, 0.1) is 36.0 Å². The van der Waals surface area contributed by atoms with E-state index < -0.39 is 35.2 Å². The van der Waals surface area contributed by atoms with Crippen LogP contribution in [0.4, 0.5) is 19.0 Å². The van der Waals surface area contributed by atoms with Gasteiger partial charge in [-0.2, -0.15) is 13.2 Å². The molecule has 1 heterocycles. The number of benzene rings is 1. The van der Waals surface area contributed by atoms with Crippen LogP contribution in [0.15, 0.2) is 24.4 Å². The van der Waals surface area contributed by atoms with Crippen LogP contribution in [0.5, 0.6) is 17.2 Å². The third-order valence-corrected chi connectivity index (χ3v) is 4.19. The zero-order valence-electron chi connectivity index (χ0n) is 18.0. The van der Waals surface area contributed by atoms with E-state index in [1.54, 1.807) is 20.8 Å². The van der Waals surface area contributed by atoms with Gasteiger partial charge in [0, 0.05) is 6.20 Å². The molecule has 0 atom stereocenters. The van der Waals surface area contributed by atoms with Crippen LogP contribution in [0.25, 0.3) is 0 Å². The van der Waals surface area contributed by atoms with E-state index in [2.05, 4.69) is 10.3 Å². The molecule has 12 heteroatoms. The van der Waals surface area contributed by atoms with E-state index in [-0.39, 0.29) is 22.9 Å². The number of nitrogens with zero attached hydrogens (tertiary/aromatic N) is 1. The van der Waals surface area contributed by atoms with E-state index in [0.29, 0.717) is 37.8 Å². The number of hydrogen-bond acceptors (Lipinski definition) is 7. The van der Waals surface area contributed by atoms with Crippen molar-refractivity contribution in [3.05, 3.63) is 40.5 Å². The minimum atomic E-state index is -4.63. The van der Waals surface area contributed by atoms with Gasteiger partial charge in [0.1, 0.15) is 0 Å². The maximum atomic E-state index is 12.7. The maximum absolute atomic E-state index is 12.7. The zero-order valence-corrected chi connectivity index (χ0v) is 18.8. The monoisotopic (exact) mass is 490 g/mol. The molecule has 0 bridgehead atoms. The van der Waals surface area contributed by atoms with Crippen molar-refractivity contribution in [2.24, 2.45) is 0 Å².